The Morgan fingerprint density at radius 2 is 1.91 bits per heavy atom. The molecule has 2 N–H and O–H groups in total. The predicted molar refractivity (Wildman–Crippen MR) is 90.8 cm³/mol. The number of nitro groups is 1. The highest BCUT2D eigenvalue weighted by Crippen LogP contribution is 2.25. The van der Waals surface area contributed by atoms with Gasteiger partial charge in [0.25, 0.3) is 5.69 Å². The smallest absolute Gasteiger partial charge is 0.293 e. The maximum absolute atomic E-state index is 12.0. The summed E-state index contributed by atoms with van der Waals surface area (Å²) in [5.41, 5.74) is 2.87. The fourth-order valence-electron chi connectivity index (χ4n) is 2.27. The molecule has 2 aromatic rings. The molecule has 6 heteroatoms. The van der Waals surface area contributed by atoms with Crippen molar-refractivity contribution in [1.29, 1.82) is 0 Å². The quantitative estimate of drug-likeness (QED) is 0.631. The largest absolute Gasteiger partial charge is 0.376 e. The molecule has 0 heterocycles. The van der Waals surface area contributed by atoms with Gasteiger partial charge in [-0.15, -0.1) is 0 Å². The van der Waals surface area contributed by atoms with Crippen molar-refractivity contribution >= 4 is 23.0 Å². The molecule has 0 fully saturated rings. The fraction of sp³-hybridized carbons (Fsp3) is 0.235. The van der Waals surface area contributed by atoms with Gasteiger partial charge in [-0.1, -0.05) is 31.2 Å². The van der Waals surface area contributed by atoms with Crippen molar-refractivity contribution < 1.29 is 9.72 Å². The van der Waals surface area contributed by atoms with Crippen molar-refractivity contribution in [2.24, 2.45) is 0 Å². The summed E-state index contributed by atoms with van der Waals surface area (Å²) in [6.45, 7) is 3.85. The Labute approximate surface area is 134 Å². The van der Waals surface area contributed by atoms with E-state index in [2.05, 4.69) is 10.6 Å². The van der Waals surface area contributed by atoms with Crippen molar-refractivity contribution in [3.05, 3.63) is 63.7 Å². The van der Waals surface area contributed by atoms with Crippen LogP contribution in [0.1, 0.15) is 18.1 Å². The fourth-order valence-corrected chi connectivity index (χ4v) is 2.27. The molecule has 0 spiro atoms. The molecule has 6 nitrogen and oxygen atoms in total. The van der Waals surface area contributed by atoms with Gasteiger partial charge in [0.15, 0.2) is 0 Å². The third-order valence-corrected chi connectivity index (χ3v) is 3.46. The van der Waals surface area contributed by atoms with Gasteiger partial charge in [0.2, 0.25) is 5.91 Å². The van der Waals surface area contributed by atoms with Gasteiger partial charge in [-0.3, -0.25) is 14.9 Å². The lowest BCUT2D eigenvalue weighted by Gasteiger charge is -2.11. The van der Waals surface area contributed by atoms with Gasteiger partial charge < -0.3 is 10.6 Å². The summed E-state index contributed by atoms with van der Waals surface area (Å²) in [6, 6.07) is 12.4. The Kier molecular flexibility index (Phi) is 5.30. The maximum atomic E-state index is 12.0. The number of anilines is 2. The lowest BCUT2D eigenvalue weighted by Crippen LogP contribution is -2.22. The van der Waals surface area contributed by atoms with Crippen LogP contribution in [0.25, 0.3) is 0 Å². The number of nitrogens with one attached hydrogen (secondary N) is 2. The number of hydrogen-bond donors (Lipinski definition) is 2. The molecule has 0 saturated heterocycles. The molecule has 2 rings (SSSR count). The molecule has 0 unspecified atom stereocenters. The second-order valence-electron chi connectivity index (χ2n) is 5.19. The standard InChI is InChI=1S/C17H19N3O3/c1-3-13-6-4-5-7-14(13)18-11-17(21)19-15-9-8-12(2)10-16(15)20(22)23/h4-10,18H,3,11H2,1-2H3,(H,19,21). The molecule has 0 aromatic heterocycles. The second kappa shape index (κ2) is 7.40. The topological polar surface area (TPSA) is 84.3 Å². The summed E-state index contributed by atoms with van der Waals surface area (Å²) >= 11 is 0. The minimum atomic E-state index is -0.498. The van der Waals surface area contributed by atoms with Gasteiger partial charge in [-0.2, -0.15) is 0 Å². The van der Waals surface area contributed by atoms with Gasteiger partial charge in [-0.25, -0.2) is 0 Å². The van der Waals surface area contributed by atoms with E-state index >= 15 is 0 Å². The molecule has 0 bridgehead atoms. The lowest BCUT2D eigenvalue weighted by atomic mass is 10.1. The number of nitrogens with zero attached hydrogens (tertiary/aromatic N) is 1. The van der Waals surface area contributed by atoms with Crippen LogP contribution in [0.4, 0.5) is 17.1 Å². The Bertz CT molecular complexity index is 729. The lowest BCUT2D eigenvalue weighted by molar-refractivity contribution is -0.384. The highest BCUT2D eigenvalue weighted by Gasteiger charge is 2.15. The number of amides is 1. The van der Waals surface area contributed by atoms with Crippen LogP contribution in [0.15, 0.2) is 42.5 Å². The summed E-state index contributed by atoms with van der Waals surface area (Å²) in [6.07, 6.45) is 0.855. The van der Waals surface area contributed by atoms with Crippen molar-refractivity contribution in [1.82, 2.24) is 0 Å². The van der Waals surface area contributed by atoms with E-state index in [1.165, 1.54) is 6.07 Å². The first-order chi connectivity index (χ1) is 11.0. The van der Waals surface area contributed by atoms with E-state index in [1.54, 1.807) is 19.1 Å². The van der Waals surface area contributed by atoms with E-state index in [0.29, 0.717) is 0 Å². The van der Waals surface area contributed by atoms with Gasteiger partial charge in [0, 0.05) is 11.8 Å². The van der Waals surface area contributed by atoms with E-state index in [4.69, 9.17) is 0 Å². The van der Waals surface area contributed by atoms with Crippen LogP contribution in [0.2, 0.25) is 0 Å². The van der Waals surface area contributed by atoms with E-state index in [0.717, 1.165) is 23.2 Å². The monoisotopic (exact) mass is 313 g/mol. The number of nitro benzene ring substituents is 1. The molecule has 2 aromatic carbocycles. The Morgan fingerprint density at radius 3 is 2.61 bits per heavy atom. The van der Waals surface area contributed by atoms with Crippen LogP contribution in [0.3, 0.4) is 0 Å². The van der Waals surface area contributed by atoms with Gasteiger partial charge in [-0.05, 0) is 36.6 Å². The van der Waals surface area contributed by atoms with E-state index in [1.807, 2.05) is 31.2 Å². The zero-order chi connectivity index (χ0) is 16.8. The number of benzene rings is 2. The Balaban J connectivity index is 2.04. The van der Waals surface area contributed by atoms with Crippen molar-refractivity contribution in [3.63, 3.8) is 0 Å². The van der Waals surface area contributed by atoms with Gasteiger partial charge in [0.1, 0.15) is 5.69 Å². The number of carbonyl (C=O) groups is 1. The molecule has 0 aliphatic heterocycles. The summed E-state index contributed by atoms with van der Waals surface area (Å²) in [5.74, 6) is -0.331. The second-order valence-corrected chi connectivity index (χ2v) is 5.19. The van der Waals surface area contributed by atoms with Gasteiger partial charge in [0.05, 0.1) is 11.5 Å². The van der Waals surface area contributed by atoms with Crippen LogP contribution in [-0.4, -0.2) is 17.4 Å². The van der Waals surface area contributed by atoms with Crippen LogP contribution >= 0.6 is 0 Å². The molecule has 0 saturated carbocycles. The number of hydrogen-bond acceptors (Lipinski definition) is 4. The molecule has 0 aliphatic carbocycles. The zero-order valence-corrected chi connectivity index (χ0v) is 13.1. The number of para-hydroxylation sites is 1. The number of rotatable bonds is 6. The first-order valence-corrected chi connectivity index (χ1v) is 7.38. The molecule has 0 atom stereocenters. The summed E-state index contributed by atoms with van der Waals surface area (Å²) < 4.78 is 0. The molecule has 120 valence electrons. The number of aryl methyl sites for hydroxylation is 2. The van der Waals surface area contributed by atoms with E-state index in [-0.39, 0.29) is 23.8 Å². The minimum Gasteiger partial charge on any atom is -0.376 e. The summed E-state index contributed by atoms with van der Waals surface area (Å²) in [7, 11) is 0. The molecule has 0 aliphatic rings. The molecule has 0 radical (unpaired) electrons. The van der Waals surface area contributed by atoms with Crippen molar-refractivity contribution in [3.8, 4) is 0 Å². The zero-order valence-electron chi connectivity index (χ0n) is 13.1. The van der Waals surface area contributed by atoms with Crippen molar-refractivity contribution in [2.45, 2.75) is 20.3 Å². The van der Waals surface area contributed by atoms with Crippen LogP contribution < -0.4 is 10.6 Å². The number of carbonyl (C=O) groups excluding carboxylic acids is 1. The first-order valence-electron chi connectivity index (χ1n) is 7.38. The summed E-state index contributed by atoms with van der Waals surface area (Å²) in [4.78, 5) is 22.6. The third kappa shape index (κ3) is 4.29. The SMILES string of the molecule is CCc1ccccc1NCC(=O)Nc1ccc(C)cc1[N+](=O)[O-]. The Hall–Kier alpha value is -2.89. The average molecular weight is 313 g/mol. The predicted octanol–water partition coefficient (Wildman–Crippen LogP) is 3.52. The normalized spacial score (nSPS) is 10.2. The van der Waals surface area contributed by atoms with Crippen LogP contribution in [0, 0.1) is 17.0 Å². The van der Waals surface area contributed by atoms with E-state index < -0.39 is 4.92 Å². The van der Waals surface area contributed by atoms with Crippen LogP contribution in [-0.2, 0) is 11.2 Å². The minimum absolute atomic E-state index is 0.0437. The van der Waals surface area contributed by atoms with E-state index in [9.17, 15) is 14.9 Å². The summed E-state index contributed by atoms with van der Waals surface area (Å²) in [5, 5.41) is 16.7. The van der Waals surface area contributed by atoms with Crippen molar-refractivity contribution in [2.75, 3.05) is 17.2 Å². The Morgan fingerprint density at radius 1 is 1.17 bits per heavy atom. The molecular weight excluding hydrogens is 294 g/mol. The maximum Gasteiger partial charge on any atom is 0.293 e. The average Bonchev–Trinajstić information content (AvgIpc) is 2.54. The first kappa shape index (κ1) is 16.5. The highest BCUT2D eigenvalue weighted by molar-refractivity contribution is 5.95. The molecule has 23 heavy (non-hydrogen) atoms. The van der Waals surface area contributed by atoms with Crippen LogP contribution in [0.5, 0.6) is 0 Å². The third-order valence-electron chi connectivity index (χ3n) is 3.46. The van der Waals surface area contributed by atoms with Gasteiger partial charge >= 0.3 is 0 Å². The molecular formula is C17H19N3O3. The highest BCUT2D eigenvalue weighted by atomic mass is 16.6. The molecule has 1 amide bonds.